The second-order valence-corrected chi connectivity index (χ2v) is 10.2. The van der Waals surface area contributed by atoms with E-state index >= 15 is 0 Å². The zero-order valence-corrected chi connectivity index (χ0v) is 17.2. The number of ketones is 1. The zero-order chi connectivity index (χ0) is 19.5. The van der Waals surface area contributed by atoms with Crippen molar-refractivity contribution >= 4 is 11.9 Å². The van der Waals surface area contributed by atoms with E-state index in [0.717, 1.165) is 56.1 Å². The van der Waals surface area contributed by atoms with E-state index in [1.54, 1.807) is 0 Å². The lowest BCUT2D eigenvalue weighted by Crippen LogP contribution is -2.50. The summed E-state index contributed by atoms with van der Waals surface area (Å²) >= 11 is 0. The minimum Gasteiger partial charge on any atom is -0.393 e. The fraction of sp³-hybridized carbons (Fsp3) is 0.577. The summed E-state index contributed by atoms with van der Waals surface area (Å²) in [7, 11) is 0. The Kier molecular flexibility index (Phi) is 4.21. The molecule has 3 saturated carbocycles. The minimum atomic E-state index is -0.183. The van der Waals surface area contributed by atoms with E-state index in [1.165, 1.54) is 5.57 Å². The fourth-order valence-corrected chi connectivity index (χ4v) is 7.19. The highest BCUT2D eigenvalue weighted by molar-refractivity contribution is 6.05. The van der Waals surface area contributed by atoms with Gasteiger partial charge in [0.1, 0.15) is 0 Å². The highest BCUT2D eigenvalue weighted by atomic mass is 16.3. The standard InChI is InChI=1S/C26H32O2/c1-25-12-10-20(27)16-19(25)8-9-21-22(25)11-13-26(2)23(21)15-18(24(26)28)14-17-6-4-3-5-7-17/h3-8,14,20-23,27H,9-13,15-16H2,1-2H3/b18-14+/t20-,21-,22-,23+,25-,26-/m0/s1. The first-order valence-corrected chi connectivity index (χ1v) is 11.1. The SMILES string of the molecule is C[C@]12CC[C@H](O)CC1=CC[C@@H]1[C@H]3C/C(=C\c4ccccc4)C(=O)[C@@]3(C)CC[C@@H]12. The number of aliphatic hydroxyl groups is 1. The molecular weight excluding hydrogens is 344 g/mol. The summed E-state index contributed by atoms with van der Waals surface area (Å²) in [4.78, 5) is 13.4. The summed E-state index contributed by atoms with van der Waals surface area (Å²) < 4.78 is 0. The number of hydrogen-bond donors (Lipinski definition) is 1. The molecule has 0 heterocycles. The molecule has 1 N–H and O–H groups in total. The Morgan fingerprint density at radius 3 is 2.54 bits per heavy atom. The second-order valence-electron chi connectivity index (χ2n) is 10.2. The van der Waals surface area contributed by atoms with Crippen molar-refractivity contribution < 1.29 is 9.90 Å². The van der Waals surface area contributed by atoms with Crippen molar-refractivity contribution in [3.05, 3.63) is 53.1 Å². The normalized spacial score (nSPS) is 43.9. The van der Waals surface area contributed by atoms with Crippen LogP contribution in [0.15, 0.2) is 47.6 Å². The van der Waals surface area contributed by atoms with E-state index in [9.17, 15) is 9.90 Å². The molecule has 0 saturated heterocycles. The highest BCUT2D eigenvalue weighted by Gasteiger charge is 2.59. The van der Waals surface area contributed by atoms with Gasteiger partial charge in [0.25, 0.3) is 0 Å². The van der Waals surface area contributed by atoms with Crippen LogP contribution in [0.3, 0.4) is 0 Å². The van der Waals surface area contributed by atoms with Gasteiger partial charge < -0.3 is 5.11 Å². The van der Waals surface area contributed by atoms with Crippen molar-refractivity contribution in [3.63, 3.8) is 0 Å². The summed E-state index contributed by atoms with van der Waals surface area (Å²) in [5, 5.41) is 10.2. The smallest absolute Gasteiger partial charge is 0.165 e. The van der Waals surface area contributed by atoms with Gasteiger partial charge in [0.15, 0.2) is 5.78 Å². The number of aliphatic hydroxyl groups excluding tert-OH is 1. The minimum absolute atomic E-state index is 0.154. The van der Waals surface area contributed by atoms with Crippen LogP contribution < -0.4 is 0 Å². The van der Waals surface area contributed by atoms with Gasteiger partial charge in [0, 0.05) is 5.41 Å². The van der Waals surface area contributed by atoms with E-state index in [4.69, 9.17) is 0 Å². The maximum atomic E-state index is 13.4. The molecule has 0 bridgehead atoms. The lowest BCUT2D eigenvalue weighted by atomic mass is 9.48. The molecule has 6 atom stereocenters. The molecule has 0 amide bonds. The van der Waals surface area contributed by atoms with Crippen LogP contribution in [0.5, 0.6) is 0 Å². The first-order chi connectivity index (χ1) is 13.4. The molecule has 2 nitrogen and oxygen atoms in total. The van der Waals surface area contributed by atoms with Gasteiger partial charge in [-0.25, -0.2) is 0 Å². The molecule has 0 aromatic heterocycles. The van der Waals surface area contributed by atoms with Crippen molar-refractivity contribution in [2.45, 2.75) is 64.9 Å². The van der Waals surface area contributed by atoms with E-state index in [2.05, 4.69) is 38.1 Å². The number of rotatable bonds is 1. The molecule has 148 valence electrons. The number of allylic oxidation sites excluding steroid dienone is 2. The maximum Gasteiger partial charge on any atom is 0.165 e. The van der Waals surface area contributed by atoms with Gasteiger partial charge in [0.2, 0.25) is 0 Å². The molecule has 0 radical (unpaired) electrons. The maximum absolute atomic E-state index is 13.4. The van der Waals surface area contributed by atoms with Crippen LogP contribution in [0, 0.1) is 28.6 Å². The molecule has 4 aliphatic carbocycles. The number of carbonyl (C=O) groups is 1. The summed E-state index contributed by atoms with van der Waals surface area (Å²) in [5.41, 5.74) is 3.73. The van der Waals surface area contributed by atoms with Gasteiger partial charge in [-0.05, 0) is 85.3 Å². The lowest BCUT2D eigenvalue weighted by molar-refractivity contribution is -0.130. The molecule has 0 spiro atoms. The predicted molar refractivity (Wildman–Crippen MR) is 113 cm³/mol. The molecule has 3 fully saturated rings. The summed E-state index contributed by atoms with van der Waals surface area (Å²) in [6.45, 7) is 4.69. The summed E-state index contributed by atoms with van der Waals surface area (Å²) in [5.74, 6) is 2.14. The first-order valence-electron chi connectivity index (χ1n) is 11.1. The molecule has 0 aliphatic heterocycles. The van der Waals surface area contributed by atoms with Gasteiger partial charge in [-0.3, -0.25) is 4.79 Å². The van der Waals surface area contributed by atoms with E-state index in [1.807, 2.05) is 18.2 Å². The molecule has 2 heteroatoms. The molecule has 1 aromatic carbocycles. The molecule has 28 heavy (non-hydrogen) atoms. The van der Waals surface area contributed by atoms with Crippen LogP contribution in [0.4, 0.5) is 0 Å². The van der Waals surface area contributed by atoms with Crippen molar-refractivity contribution in [3.8, 4) is 0 Å². The van der Waals surface area contributed by atoms with Crippen LogP contribution in [0.2, 0.25) is 0 Å². The summed E-state index contributed by atoms with van der Waals surface area (Å²) in [6, 6.07) is 10.3. The van der Waals surface area contributed by atoms with Crippen LogP contribution in [-0.2, 0) is 4.79 Å². The van der Waals surface area contributed by atoms with Gasteiger partial charge in [-0.15, -0.1) is 0 Å². The van der Waals surface area contributed by atoms with E-state index in [-0.39, 0.29) is 16.9 Å². The quantitative estimate of drug-likeness (QED) is 0.514. The average molecular weight is 377 g/mol. The van der Waals surface area contributed by atoms with E-state index in [0.29, 0.717) is 23.5 Å². The Morgan fingerprint density at radius 2 is 1.75 bits per heavy atom. The summed E-state index contributed by atoms with van der Waals surface area (Å²) in [6.07, 6.45) is 11.5. The van der Waals surface area contributed by atoms with Crippen molar-refractivity contribution in [1.82, 2.24) is 0 Å². The van der Waals surface area contributed by atoms with Crippen molar-refractivity contribution in [1.29, 1.82) is 0 Å². The Bertz CT molecular complexity index is 850. The molecule has 1 aromatic rings. The largest absolute Gasteiger partial charge is 0.393 e. The number of hydrogen-bond acceptors (Lipinski definition) is 2. The van der Waals surface area contributed by atoms with Crippen LogP contribution in [-0.4, -0.2) is 17.0 Å². The first kappa shape index (κ1) is 18.4. The second kappa shape index (κ2) is 6.42. The number of fused-ring (bicyclic) bond motifs is 5. The van der Waals surface area contributed by atoms with Crippen molar-refractivity contribution in [2.75, 3.05) is 0 Å². The van der Waals surface area contributed by atoms with E-state index < -0.39 is 0 Å². The number of benzene rings is 1. The van der Waals surface area contributed by atoms with Gasteiger partial charge in [-0.1, -0.05) is 55.8 Å². The topological polar surface area (TPSA) is 37.3 Å². The van der Waals surface area contributed by atoms with Gasteiger partial charge in [-0.2, -0.15) is 0 Å². The van der Waals surface area contributed by atoms with Crippen LogP contribution in [0.25, 0.3) is 6.08 Å². The van der Waals surface area contributed by atoms with Crippen LogP contribution >= 0.6 is 0 Å². The molecular formula is C26H32O2. The molecule has 0 unspecified atom stereocenters. The van der Waals surface area contributed by atoms with Gasteiger partial charge >= 0.3 is 0 Å². The molecule has 4 aliphatic rings. The third kappa shape index (κ3) is 2.60. The predicted octanol–water partition coefficient (Wildman–Crippen LogP) is 5.57. The third-order valence-corrected chi connectivity index (χ3v) is 8.86. The highest BCUT2D eigenvalue weighted by Crippen LogP contribution is 2.64. The Morgan fingerprint density at radius 1 is 1.00 bits per heavy atom. The fourth-order valence-electron chi connectivity index (χ4n) is 7.19. The monoisotopic (exact) mass is 376 g/mol. The molecule has 5 rings (SSSR count). The Hall–Kier alpha value is -1.67. The Labute approximate surface area is 168 Å². The van der Waals surface area contributed by atoms with Crippen molar-refractivity contribution in [2.24, 2.45) is 28.6 Å². The van der Waals surface area contributed by atoms with Gasteiger partial charge in [0.05, 0.1) is 6.10 Å². The zero-order valence-electron chi connectivity index (χ0n) is 17.2. The number of carbonyl (C=O) groups excluding carboxylic acids is 1. The number of Topliss-reactive ketones (excluding diaryl/α,β-unsaturated/α-hetero) is 1. The Balaban J connectivity index is 1.48. The van der Waals surface area contributed by atoms with Crippen LogP contribution in [0.1, 0.15) is 64.4 Å². The average Bonchev–Trinajstić information content (AvgIpc) is 2.94. The third-order valence-electron chi connectivity index (χ3n) is 8.86. The lowest BCUT2D eigenvalue weighted by Gasteiger charge is -2.56.